The molecule has 142 valence electrons. The molecule has 1 aromatic carbocycles. The van der Waals surface area contributed by atoms with Crippen molar-refractivity contribution >= 4 is 11.9 Å². The normalized spacial score (nSPS) is 16.9. The Bertz CT molecular complexity index is 895. The SMILES string of the molecule is O=C(O)CCC1CCCCN1C(=O)c1ccc(=O)n(-c2ccc(F)cc2)n1. The Morgan fingerprint density at radius 1 is 1.15 bits per heavy atom. The fourth-order valence-electron chi connectivity index (χ4n) is 3.30. The highest BCUT2D eigenvalue weighted by Gasteiger charge is 2.29. The topological polar surface area (TPSA) is 92.5 Å². The maximum Gasteiger partial charge on any atom is 0.303 e. The van der Waals surface area contributed by atoms with E-state index in [9.17, 15) is 18.8 Å². The molecule has 0 saturated carbocycles. The van der Waals surface area contributed by atoms with Crippen molar-refractivity contribution in [2.24, 2.45) is 0 Å². The molecule has 1 saturated heterocycles. The highest BCUT2D eigenvalue weighted by molar-refractivity contribution is 5.92. The summed E-state index contributed by atoms with van der Waals surface area (Å²) in [5.41, 5.74) is 0.0255. The van der Waals surface area contributed by atoms with Gasteiger partial charge in [-0.15, -0.1) is 0 Å². The van der Waals surface area contributed by atoms with Crippen LogP contribution in [0.3, 0.4) is 0 Å². The molecule has 3 rings (SSSR count). The number of carboxylic acid groups (broad SMARTS) is 1. The Balaban J connectivity index is 1.87. The molecule has 8 heteroatoms. The second-order valence-electron chi connectivity index (χ2n) is 6.53. The van der Waals surface area contributed by atoms with E-state index in [1.807, 2.05) is 0 Å². The van der Waals surface area contributed by atoms with Gasteiger partial charge in [0.05, 0.1) is 5.69 Å². The second-order valence-corrected chi connectivity index (χ2v) is 6.53. The Hall–Kier alpha value is -3.03. The Morgan fingerprint density at radius 3 is 2.59 bits per heavy atom. The van der Waals surface area contributed by atoms with E-state index in [1.54, 1.807) is 4.90 Å². The lowest BCUT2D eigenvalue weighted by Crippen LogP contribution is -2.44. The van der Waals surface area contributed by atoms with Crippen LogP contribution < -0.4 is 5.56 Å². The first-order valence-corrected chi connectivity index (χ1v) is 8.85. The third kappa shape index (κ3) is 4.39. The second kappa shape index (κ2) is 8.11. The summed E-state index contributed by atoms with van der Waals surface area (Å²) in [5, 5.41) is 13.1. The average molecular weight is 373 g/mol. The van der Waals surface area contributed by atoms with Gasteiger partial charge in [-0.3, -0.25) is 14.4 Å². The van der Waals surface area contributed by atoms with Crippen molar-refractivity contribution in [3.05, 3.63) is 58.3 Å². The zero-order valence-electron chi connectivity index (χ0n) is 14.7. The number of rotatable bonds is 5. The molecule has 1 unspecified atom stereocenters. The van der Waals surface area contributed by atoms with Crippen molar-refractivity contribution < 1.29 is 19.1 Å². The molecule has 0 radical (unpaired) electrons. The number of halogens is 1. The standard InChI is InChI=1S/C19H20FN3O4/c20-13-4-6-15(7-5-13)23-17(24)10-9-16(21-23)19(27)22-12-2-1-3-14(22)8-11-18(25)26/h4-7,9-10,14H,1-3,8,11-12H2,(H,25,26). The van der Waals surface area contributed by atoms with Crippen LogP contribution in [0.2, 0.25) is 0 Å². The van der Waals surface area contributed by atoms with Gasteiger partial charge in [0.2, 0.25) is 0 Å². The van der Waals surface area contributed by atoms with Gasteiger partial charge in [0.15, 0.2) is 0 Å². The minimum Gasteiger partial charge on any atom is -0.481 e. The number of aliphatic carboxylic acids is 1. The third-order valence-corrected chi connectivity index (χ3v) is 4.67. The molecule has 1 aliphatic heterocycles. The molecular formula is C19H20FN3O4. The van der Waals surface area contributed by atoms with Crippen molar-refractivity contribution in [2.45, 2.75) is 38.1 Å². The fourth-order valence-corrected chi connectivity index (χ4v) is 3.30. The van der Waals surface area contributed by atoms with Crippen LogP contribution in [0.1, 0.15) is 42.6 Å². The van der Waals surface area contributed by atoms with Crippen LogP contribution in [0, 0.1) is 5.82 Å². The van der Waals surface area contributed by atoms with Crippen molar-refractivity contribution in [2.75, 3.05) is 6.54 Å². The summed E-state index contributed by atoms with van der Waals surface area (Å²) in [5.74, 6) is -1.66. The van der Waals surface area contributed by atoms with E-state index in [2.05, 4.69) is 5.10 Å². The van der Waals surface area contributed by atoms with Gasteiger partial charge in [-0.2, -0.15) is 9.78 Å². The highest BCUT2D eigenvalue weighted by atomic mass is 19.1. The zero-order valence-corrected chi connectivity index (χ0v) is 14.7. The lowest BCUT2D eigenvalue weighted by atomic mass is 9.97. The molecule has 7 nitrogen and oxygen atoms in total. The van der Waals surface area contributed by atoms with Crippen LogP contribution >= 0.6 is 0 Å². The van der Waals surface area contributed by atoms with Crippen LogP contribution in [0.4, 0.5) is 4.39 Å². The summed E-state index contributed by atoms with van der Waals surface area (Å²) in [6, 6.07) is 7.71. The van der Waals surface area contributed by atoms with Crippen molar-refractivity contribution in [1.29, 1.82) is 0 Å². The lowest BCUT2D eigenvalue weighted by molar-refractivity contribution is -0.137. The summed E-state index contributed by atoms with van der Waals surface area (Å²) in [7, 11) is 0. The zero-order chi connectivity index (χ0) is 19.4. The van der Waals surface area contributed by atoms with Gasteiger partial charge in [-0.05, 0) is 56.0 Å². The number of carboxylic acids is 1. The number of likely N-dealkylation sites (tertiary alicyclic amines) is 1. The predicted molar refractivity (Wildman–Crippen MR) is 95.3 cm³/mol. The summed E-state index contributed by atoms with van der Waals surface area (Å²) in [4.78, 5) is 37.6. The Morgan fingerprint density at radius 2 is 1.89 bits per heavy atom. The van der Waals surface area contributed by atoms with Gasteiger partial charge < -0.3 is 10.0 Å². The van der Waals surface area contributed by atoms with Gasteiger partial charge in [-0.25, -0.2) is 4.39 Å². The van der Waals surface area contributed by atoms with E-state index in [0.717, 1.165) is 23.9 Å². The number of nitrogens with zero attached hydrogens (tertiary/aromatic N) is 3. The minimum atomic E-state index is -0.893. The molecule has 2 aromatic rings. The fraction of sp³-hybridized carbons (Fsp3) is 0.368. The molecule has 0 bridgehead atoms. The molecule has 0 spiro atoms. The Labute approximate surface area is 155 Å². The number of amides is 1. The van der Waals surface area contributed by atoms with E-state index in [0.29, 0.717) is 18.7 Å². The molecule has 1 aromatic heterocycles. The van der Waals surface area contributed by atoms with Gasteiger partial charge in [0, 0.05) is 25.1 Å². The quantitative estimate of drug-likeness (QED) is 0.868. The molecule has 27 heavy (non-hydrogen) atoms. The smallest absolute Gasteiger partial charge is 0.303 e. The average Bonchev–Trinajstić information content (AvgIpc) is 2.67. The first-order chi connectivity index (χ1) is 13.0. The van der Waals surface area contributed by atoms with E-state index in [-0.39, 0.29) is 24.1 Å². The van der Waals surface area contributed by atoms with Crippen LogP contribution in [-0.2, 0) is 4.79 Å². The summed E-state index contributed by atoms with van der Waals surface area (Å²) < 4.78 is 14.2. The van der Waals surface area contributed by atoms with E-state index < -0.39 is 17.3 Å². The largest absolute Gasteiger partial charge is 0.481 e. The summed E-state index contributed by atoms with van der Waals surface area (Å²) in [6.07, 6.45) is 2.91. The Kier molecular flexibility index (Phi) is 5.63. The maximum absolute atomic E-state index is 13.1. The number of aromatic nitrogens is 2. The molecule has 1 amide bonds. The maximum atomic E-state index is 13.1. The van der Waals surface area contributed by atoms with Gasteiger partial charge in [0.25, 0.3) is 11.5 Å². The first kappa shape index (κ1) is 18.8. The number of carbonyl (C=O) groups is 2. The highest BCUT2D eigenvalue weighted by Crippen LogP contribution is 2.22. The first-order valence-electron chi connectivity index (χ1n) is 8.85. The number of piperidine rings is 1. The van der Waals surface area contributed by atoms with Gasteiger partial charge in [-0.1, -0.05) is 0 Å². The van der Waals surface area contributed by atoms with Gasteiger partial charge >= 0.3 is 5.97 Å². The molecule has 1 atom stereocenters. The van der Waals surface area contributed by atoms with Crippen LogP contribution in [-0.4, -0.2) is 44.3 Å². The summed E-state index contributed by atoms with van der Waals surface area (Å²) >= 11 is 0. The summed E-state index contributed by atoms with van der Waals surface area (Å²) in [6.45, 7) is 0.528. The molecule has 1 aliphatic rings. The number of carbonyl (C=O) groups excluding carboxylic acids is 1. The molecule has 1 N–H and O–H groups in total. The van der Waals surface area contributed by atoms with Gasteiger partial charge in [0.1, 0.15) is 11.5 Å². The van der Waals surface area contributed by atoms with Crippen LogP contribution in [0.25, 0.3) is 5.69 Å². The monoisotopic (exact) mass is 373 g/mol. The molecular weight excluding hydrogens is 353 g/mol. The minimum absolute atomic E-state index is 0.00302. The lowest BCUT2D eigenvalue weighted by Gasteiger charge is -2.35. The number of hydrogen-bond donors (Lipinski definition) is 1. The predicted octanol–water partition coefficient (Wildman–Crippen LogP) is 2.23. The van der Waals surface area contributed by atoms with Crippen LogP contribution in [0.15, 0.2) is 41.2 Å². The number of hydrogen-bond acceptors (Lipinski definition) is 4. The molecule has 2 heterocycles. The van der Waals surface area contributed by atoms with Crippen molar-refractivity contribution in [3.8, 4) is 5.69 Å². The van der Waals surface area contributed by atoms with Crippen molar-refractivity contribution in [1.82, 2.24) is 14.7 Å². The number of benzene rings is 1. The van der Waals surface area contributed by atoms with Crippen LogP contribution in [0.5, 0.6) is 0 Å². The van der Waals surface area contributed by atoms with E-state index >= 15 is 0 Å². The molecule has 0 aliphatic carbocycles. The molecule has 1 fully saturated rings. The van der Waals surface area contributed by atoms with E-state index in [4.69, 9.17) is 5.11 Å². The van der Waals surface area contributed by atoms with E-state index in [1.165, 1.54) is 36.4 Å². The third-order valence-electron chi connectivity index (χ3n) is 4.67. The van der Waals surface area contributed by atoms with Crippen molar-refractivity contribution in [3.63, 3.8) is 0 Å².